The van der Waals surface area contributed by atoms with E-state index < -0.39 is 17.4 Å². The predicted octanol–water partition coefficient (Wildman–Crippen LogP) is 0.364. The van der Waals surface area contributed by atoms with E-state index in [9.17, 15) is 14.7 Å². The summed E-state index contributed by atoms with van der Waals surface area (Å²) >= 11 is 0. The van der Waals surface area contributed by atoms with E-state index in [1.165, 1.54) is 10.9 Å². The molecule has 0 radical (unpaired) electrons. The fraction of sp³-hybridized carbons (Fsp3) is 0.615. The first kappa shape index (κ1) is 14.5. The number of nitrogens with zero attached hydrogens (tertiary/aromatic N) is 3. The van der Waals surface area contributed by atoms with Crippen LogP contribution in [0.25, 0.3) is 11.2 Å². The van der Waals surface area contributed by atoms with Gasteiger partial charge in [0.2, 0.25) is 0 Å². The largest absolute Gasteiger partial charge is 0.391 e. The topological polar surface area (TPSA) is 92.9 Å². The number of fused-ring (bicyclic) bond motifs is 1. The summed E-state index contributed by atoms with van der Waals surface area (Å²) in [4.78, 5) is 30.0. The van der Waals surface area contributed by atoms with Gasteiger partial charge in [-0.15, -0.1) is 0 Å². The van der Waals surface area contributed by atoms with Gasteiger partial charge in [-0.2, -0.15) is 0 Å². The summed E-state index contributed by atoms with van der Waals surface area (Å²) in [7, 11) is 1.69. The summed E-state index contributed by atoms with van der Waals surface area (Å²) in [5.41, 5.74) is -0.335. The zero-order valence-electron chi connectivity index (χ0n) is 11.8. The SMILES string of the molecule is CCCCCC(O)Cn1c(=O)[nH]c(=O)c2c1ncn2C. The molecule has 0 aromatic carbocycles. The Morgan fingerprint density at radius 3 is 2.85 bits per heavy atom. The van der Waals surface area contributed by atoms with Gasteiger partial charge < -0.3 is 9.67 Å². The second-order valence-corrected chi connectivity index (χ2v) is 5.05. The molecule has 2 rings (SSSR count). The van der Waals surface area contributed by atoms with Crippen LogP contribution in [0, 0.1) is 0 Å². The van der Waals surface area contributed by atoms with Crippen molar-refractivity contribution in [1.82, 2.24) is 19.1 Å². The van der Waals surface area contributed by atoms with Crippen LogP contribution in [0.2, 0.25) is 0 Å². The maximum absolute atomic E-state index is 11.9. The molecule has 0 bridgehead atoms. The first-order valence-corrected chi connectivity index (χ1v) is 6.86. The highest BCUT2D eigenvalue weighted by atomic mass is 16.3. The number of nitrogens with one attached hydrogen (secondary N) is 1. The van der Waals surface area contributed by atoms with Gasteiger partial charge in [-0.1, -0.05) is 26.2 Å². The number of hydrogen-bond acceptors (Lipinski definition) is 4. The first-order chi connectivity index (χ1) is 9.54. The van der Waals surface area contributed by atoms with Gasteiger partial charge >= 0.3 is 5.69 Å². The average molecular weight is 280 g/mol. The van der Waals surface area contributed by atoms with Gasteiger partial charge in [0.05, 0.1) is 19.0 Å². The van der Waals surface area contributed by atoms with E-state index in [-0.39, 0.29) is 6.54 Å². The van der Waals surface area contributed by atoms with Crippen molar-refractivity contribution in [2.24, 2.45) is 7.05 Å². The van der Waals surface area contributed by atoms with Crippen LogP contribution in [0.1, 0.15) is 32.6 Å². The fourth-order valence-corrected chi connectivity index (χ4v) is 2.30. The van der Waals surface area contributed by atoms with E-state index in [0.29, 0.717) is 17.6 Å². The third kappa shape index (κ3) is 2.82. The quantitative estimate of drug-likeness (QED) is 0.747. The number of aryl methyl sites for hydroxylation is 1. The van der Waals surface area contributed by atoms with Crippen molar-refractivity contribution in [3.63, 3.8) is 0 Å². The lowest BCUT2D eigenvalue weighted by Gasteiger charge is -2.12. The molecule has 0 saturated carbocycles. The molecule has 0 amide bonds. The van der Waals surface area contributed by atoms with Crippen LogP contribution in [0.15, 0.2) is 15.9 Å². The number of aromatic amines is 1. The highest BCUT2D eigenvalue weighted by molar-refractivity contribution is 5.69. The Hall–Kier alpha value is -1.89. The normalized spacial score (nSPS) is 12.9. The lowest BCUT2D eigenvalue weighted by Crippen LogP contribution is -2.34. The minimum absolute atomic E-state index is 0.146. The minimum Gasteiger partial charge on any atom is -0.391 e. The van der Waals surface area contributed by atoms with Crippen LogP contribution in [-0.2, 0) is 13.6 Å². The Labute approximate surface area is 115 Å². The number of rotatable bonds is 6. The molecule has 2 N–H and O–H groups in total. The Morgan fingerprint density at radius 2 is 2.15 bits per heavy atom. The summed E-state index contributed by atoms with van der Waals surface area (Å²) in [6, 6.07) is 0. The van der Waals surface area contributed by atoms with Crippen molar-refractivity contribution >= 4 is 11.2 Å². The minimum atomic E-state index is -0.615. The molecule has 110 valence electrons. The number of aliphatic hydroxyl groups excluding tert-OH is 1. The highest BCUT2D eigenvalue weighted by Gasteiger charge is 2.14. The maximum Gasteiger partial charge on any atom is 0.330 e. The molecule has 0 aliphatic rings. The molecular weight excluding hydrogens is 260 g/mol. The number of hydrogen-bond donors (Lipinski definition) is 2. The zero-order chi connectivity index (χ0) is 14.7. The lowest BCUT2D eigenvalue weighted by molar-refractivity contribution is 0.140. The third-order valence-electron chi connectivity index (χ3n) is 3.39. The summed E-state index contributed by atoms with van der Waals surface area (Å²) in [6.07, 6.45) is 4.55. The molecule has 0 spiro atoms. The standard InChI is InChI=1S/C13H20N4O3/c1-3-4-5-6-9(18)7-17-11-10(16(2)8-14-11)12(19)15-13(17)20/h8-9,18H,3-7H2,1-2H3,(H,15,19,20). The Balaban J connectivity index is 2.30. The molecule has 0 fully saturated rings. The van der Waals surface area contributed by atoms with Crippen molar-refractivity contribution in [1.29, 1.82) is 0 Å². The van der Waals surface area contributed by atoms with E-state index in [1.807, 2.05) is 0 Å². The van der Waals surface area contributed by atoms with E-state index in [4.69, 9.17) is 0 Å². The van der Waals surface area contributed by atoms with Crippen molar-refractivity contribution in [3.8, 4) is 0 Å². The zero-order valence-corrected chi connectivity index (χ0v) is 11.8. The number of aromatic nitrogens is 4. The van der Waals surface area contributed by atoms with Gasteiger partial charge in [0.1, 0.15) is 0 Å². The van der Waals surface area contributed by atoms with E-state index >= 15 is 0 Å². The fourth-order valence-electron chi connectivity index (χ4n) is 2.30. The molecular formula is C13H20N4O3. The summed E-state index contributed by atoms with van der Waals surface area (Å²) in [5.74, 6) is 0. The lowest BCUT2D eigenvalue weighted by atomic mass is 10.1. The number of H-pyrrole nitrogens is 1. The predicted molar refractivity (Wildman–Crippen MR) is 75.7 cm³/mol. The van der Waals surface area contributed by atoms with Gasteiger partial charge in [-0.3, -0.25) is 14.3 Å². The maximum atomic E-state index is 11.9. The number of imidazole rings is 1. The summed E-state index contributed by atoms with van der Waals surface area (Å²) in [5, 5.41) is 10.0. The number of unbranched alkanes of at least 4 members (excludes halogenated alkanes) is 2. The molecule has 20 heavy (non-hydrogen) atoms. The molecule has 0 saturated heterocycles. The molecule has 7 heteroatoms. The summed E-state index contributed by atoms with van der Waals surface area (Å²) in [6.45, 7) is 2.24. The molecule has 0 aliphatic carbocycles. The number of aliphatic hydroxyl groups is 1. The van der Waals surface area contributed by atoms with E-state index in [1.54, 1.807) is 11.6 Å². The first-order valence-electron chi connectivity index (χ1n) is 6.86. The van der Waals surface area contributed by atoms with Gasteiger partial charge in [0.15, 0.2) is 11.2 Å². The van der Waals surface area contributed by atoms with Crippen LogP contribution in [0.5, 0.6) is 0 Å². The molecule has 1 unspecified atom stereocenters. The molecule has 7 nitrogen and oxygen atoms in total. The van der Waals surface area contributed by atoms with Gasteiger partial charge in [-0.05, 0) is 6.42 Å². The molecule has 0 aliphatic heterocycles. The monoisotopic (exact) mass is 280 g/mol. The van der Waals surface area contributed by atoms with Crippen LogP contribution in [0.4, 0.5) is 0 Å². The van der Waals surface area contributed by atoms with Gasteiger partial charge in [0, 0.05) is 7.05 Å². The Bertz CT molecular complexity index is 698. The van der Waals surface area contributed by atoms with Crippen LogP contribution in [-0.4, -0.2) is 30.3 Å². The van der Waals surface area contributed by atoms with Gasteiger partial charge in [-0.25, -0.2) is 9.78 Å². The van der Waals surface area contributed by atoms with Crippen molar-refractivity contribution < 1.29 is 5.11 Å². The highest BCUT2D eigenvalue weighted by Crippen LogP contribution is 2.08. The Morgan fingerprint density at radius 1 is 1.40 bits per heavy atom. The van der Waals surface area contributed by atoms with Crippen LogP contribution < -0.4 is 11.2 Å². The molecule has 2 aromatic rings. The summed E-state index contributed by atoms with van der Waals surface area (Å²) < 4.78 is 2.89. The van der Waals surface area contributed by atoms with E-state index in [2.05, 4.69) is 16.9 Å². The smallest absolute Gasteiger partial charge is 0.330 e. The third-order valence-corrected chi connectivity index (χ3v) is 3.39. The Kier molecular flexibility index (Phi) is 4.39. The average Bonchev–Trinajstić information content (AvgIpc) is 2.77. The van der Waals surface area contributed by atoms with Crippen LogP contribution >= 0.6 is 0 Å². The molecule has 2 aromatic heterocycles. The molecule has 2 heterocycles. The van der Waals surface area contributed by atoms with Crippen molar-refractivity contribution in [3.05, 3.63) is 27.2 Å². The van der Waals surface area contributed by atoms with Gasteiger partial charge in [0.25, 0.3) is 5.56 Å². The van der Waals surface area contributed by atoms with Crippen molar-refractivity contribution in [2.45, 2.75) is 45.3 Å². The second kappa shape index (κ2) is 6.04. The van der Waals surface area contributed by atoms with Crippen LogP contribution in [0.3, 0.4) is 0 Å². The second-order valence-electron chi connectivity index (χ2n) is 5.05. The van der Waals surface area contributed by atoms with E-state index in [0.717, 1.165) is 19.3 Å². The van der Waals surface area contributed by atoms with Crippen molar-refractivity contribution in [2.75, 3.05) is 0 Å². The molecule has 1 atom stereocenters.